The van der Waals surface area contributed by atoms with Gasteiger partial charge in [-0.05, 0) is 41.8 Å². The zero-order valence-corrected chi connectivity index (χ0v) is 12.0. The van der Waals surface area contributed by atoms with Crippen LogP contribution in [0.1, 0.15) is 30.9 Å². The minimum Gasteiger partial charge on any atom is -0.481 e. The molecule has 0 aromatic heterocycles. The summed E-state index contributed by atoms with van der Waals surface area (Å²) >= 11 is 0. The predicted octanol–water partition coefficient (Wildman–Crippen LogP) is 3.02. The summed E-state index contributed by atoms with van der Waals surface area (Å²) in [7, 11) is 0. The summed E-state index contributed by atoms with van der Waals surface area (Å²) in [5, 5.41) is 9.03. The van der Waals surface area contributed by atoms with Gasteiger partial charge in [-0.25, -0.2) is 0 Å². The van der Waals surface area contributed by atoms with Crippen molar-refractivity contribution >= 4 is 17.3 Å². The first kappa shape index (κ1) is 14.9. The minimum absolute atomic E-state index is 0.0834. The molecule has 2 aromatic rings. The van der Waals surface area contributed by atoms with E-state index in [2.05, 4.69) is 0 Å². The highest BCUT2D eigenvalue weighted by Gasteiger charge is 2.29. The van der Waals surface area contributed by atoms with Crippen LogP contribution in [0.4, 0.5) is 11.4 Å². The van der Waals surface area contributed by atoms with Gasteiger partial charge in [0, 0.05) is 23.2 Å². The molecular weight excluding hydrogens is 264 g/mol. The van der Waals surface area contributed by atoms with Gasteiger partial charge in [0.2, 0.25) is 0 Å². The fourth-order valence-electron chi connectivity index (χ4n) is 2.58. The first-order valence-electron chi connectivity index (χ1n) is 6.85. The Kier molecular flexibility index (Phi) is 4.17. The largest absolute Gasteiger partial charge is 0.481 e. The molecule has 0 unspecified atom stereocenters. The Balaban J connectivity index is 2.50. The van der Waals surface area contributed by atoms with E-state index in [1.807, 2.05) is 55.5 Å². The summed E-state index contributed by atoms with van der Waals surface area (Å²) in [6.45, 7) is 2.03. The van der Waals surface area contributed by atoms with Gasteiger partial charge in [-0.15, -0.1) is 0 Å². The molecule has 0 saturated carbocycles. The van der Waals surface area contributed by atoms with Crippen LogP contribution in [-0.4, -0.2) is 11.1 Å². The number of rotatable bonds is 5. The maximum atomic E-state index is 11.0. The molecule has 0 saturated heterocycles. The van der Waals surface area contributed by atoms with E-state index in [4.69, 9.17) is 16.6 Å². The summed E-state index contributed by atoms with van der Waals surface area (Å²) in [5.74, 6) is -0.811. The zero-order valence-electron chi connectivity index (χ0n) is 12.0. The Labute approximate surface area is 124 Å². The van der Waals surface area contributed by atoms with Crippen molar-refractivity contribution in [2.75, 3.05) is 11.5 Å². The fourth-order valence-corrected chi connectivity index (χ4v) is 2.58. The summed E-state index contributed by atoms with van der Waals surface area (Å²) in [6.07, 6.45) is 0.565. The highest BCUT2D eigenvalue weighted by atomic mass is 16.4. The van der Waals surface area contributed by atoms with Gasteiger partial charge in [-0.2, -0.15) is 0 Å². The smallest absolute Gasteiger partial charge is 0.303 e. The number of benzene rings is 2. The van der Waals surface area contributed by atoms with Crippen LogP contribution in [0.25, 0.3) is 0 Å². The van der Waals surface area contributed by atoms with Gasteiger partial charge < -0.3 is 16.6 Å². The SMILES string of the molecule is CC(CCC(=O)O)(c1cccc(N)c1)c1cccc(N)c1. The van der Waals surface area contributed by atoms with E-state index < -0.39 is 11.4 Å². The van der Waals surface area contributed by atoms with E-state index in [-0.39, 0.29) is 6.42 Å². The maximum Gasteiger partial charge on any atom is 0.303 e. The van der Waals surface area contributed by atoms with Gasteiger partial charge in [0.05, 0.1) is 0 Å². The van der Waals surface area contributed by atoms with Crippen LogP contribution in [0.15, 0.2) is 48.5 Å². The van der Waals surface area contributed by atoms with Gasteiger partial charge >= 0.3 is 5.97 Å². The van der Waals surface area contributed by atoms with E-state index in [0.717, 1.165) is 11.1 Å². The van der Waals surface area contributed by atoms with Crippen molar-refractivity contribution in [3.05, 3.63) is 59.7 Å². The maximum absolute atomic E-state index is 11.0. The van der Waals surface area contributed by atoms with E-state index >= 15 is 0 Å². The van der Waals surface area contributed by atoms with E-state index in [1.54, 1.807) is 0 Å². The van der Waals surface area contributed by atoms with Gasteiger partial charge in [0.1, 0.15) is 0 Å². The number of nitrogens with two attached hydrogens (primary N) is 2. The third kappa shape index (κ3) is 3.34. The first-order chi connectivity index (χ1) is 9.91. The summed E-state index contributed by atoms with van der Waals surface area (Å²) < 4.78 is 0. The zero-order chi connectivity index (χ0) is 15.5. The van der Waals surface area contributed by atoms with Crippen molar-refractivity contribution in [1.29, 1.82) is 0 Å². The molecule has 0 spiro atoms. The average Bonchev–Trinajstić information content (AvgIpc) is 2.44. The number of carbonyl (C=O) groups is 1. The molecule has 110 valence electrons. The lowest BCUT2D eigenvalue weighted by molar-refractivity contribution is -0.137. The summed E-state index contributed by atoms with van der Waals surface area (Å²) in [6, 6.07) is 15.1. The second kappa shape index (κ2) is 5.87. The van der Waals surface area contributed by atoms with Crippen molar-refractivity contribution in [3.8, 4) is 0 Å². The van der Waals surface area contributed by atoms with Crippen molar-refractivity contribution in [2.24, 2.45) is 0 Å². The van der Waals surface area contributed by atoms with Crippen LogP contribution < -0.4 is 11.5 Å². The molecule has 0 radical (unpaired) electrons. The Morgan fingerprint density at radius 3 is 1.90 bits per heavy atom. The number of anilines is 2. The second-order valence-corrected chi connectivity index (χ2v) is 5.48. The molecular formula is C17H20N2O2. The molecule has 0 atom stereocenters. The Bertz CT molecular complexity index is 607. The van der Waals surface area contributed by atoms with E-state index in [9.17, 15) is 4.79 Å². The standard InChI is InChI=1S/C17H20N2O2/c1-17(9-8-16(20)21,12-4-2-6-14(18)10-12)13-5-3-7-15(19)11-13/h2-7,10-11H,8-9,18-19H2,1H3,(H,20,21). The summed E-state index contributed by atoms with van der Waals surface area (Å²) in [5.41, 5.74) is 14.6. The molecule has 0 heterocycles. The molecule has 0 fully saturated rings. The fraction of sp³-hybridized carbons (Fsp3) is 0.235. The van der Waals surface area contributed by atoms with Gasteiger partial charge in [0.25, 0.3) is 0 Å². The van der Waals surface area contributed by atoms with E-state index in [0.29, 0.717) is 17.8 Å². The first-order valence-corrected chi connectivity index (χ1v) is 6.85. The number of hydrogen-bond donors (Lipinski definition) is 3. The summed E-state index contributed by atoms with van der Waals surface area (Å²) in [4.78, 5) is 11.0. The Hall–Kier alpha value is -2.49. The molecule has 5 N–H and O–H groups in total. The lowest BCUT2D eigenvalue weighted by atomic mass is 9.73. The Morgan fingerprint density at radius 1 is 1.05 bits per heavy atom. The second-order valence-electron chi connectivity index (χ2n) is 5.48. The van der Waals surface area contributed by atoms with Crippen molar-refractivity contribution in [3.63, 3.8) is 0 Å². The number of carboxylic acids is 1. The highest BCUT2D eigenvalue weighted by molar-refractivity contribution is 5.67. The number of aliphatic carboxylic acids is 1. The highest BCUT2D eigenvalue weighted by Crippen LogP contribution is 2.37. The van der Waals surface area contributed by atoms with Crippen LogP contribution in [0.3, 0.4) is 0 Å². The van der Waals surface area contributed by atoms with Crippen molar-refractivity contribution in [1.82, 2.24) is 0 Å². The average molecular weight is 284 g/mol. The Morgan fingerprint density at radius 2 is 1.52 bits per heavy atom. The molecule has 2 rings (SSSR count). The monoisotopic (exact) mass is 284 g/mol. The minimum atomic E-state index is -0.811. The number of hydrogen-bond acceptors (Lipinski definition) is 3. The van der Waals surface area contributed by atoms with Crippen LogP contribution in [-0.2, 0) is 10.2 Å². The van der Waals surface area contributed by atoms with Gasteiger partial charge in [-0.3, -0.25) is 4.79 Å². The third-order valence-electron chi connectivity index (χ3n) is 3.89. The van der Waals surface area contributed by atoms with E-state index in [1.165, 1.54) is 0 Å². The number of carboxylic acid groups (broad SMARTS) is 1. The quantitative estimate of drug-likeness (QED) is 0.736. The molecule has 0 bridgehead atoms. The lowest BCUT2D eigenvalue weighted by Gasteiger charge is -2.31. The molecule has 4 heteroatoms. The molecule has 21 heavy (non-hydrogen) atoms. The molecule has 2 aromatic carbocycles. The van der Waals surface area contributed by atoms with Crippen molar-refractivity contribution in [2.45, 2.75) is 25.2 Å². The van der Waals surface area contributed by atoms with Crippen LogP contribution in [0.5, 0.6) is 0 Å². The molecule has 0 aliphatic heterocycles. The van der Waals surface area contributed by atoms with Crippen LogP contribution in [0.2, 0.25) is 0 Å². The lowest BCUT2D eigenvalue weighted by Crippen LogP contribution is -2.25. The predicted molar refractivity (Wildman–Crippen MR) is 85.0 cm³/mol. The third-order valence-corrected chi connectivity index (χ3v) is 3.89. The topological polar surface area (TPSA) is 89.3 Å². The molecule has 0 amide bonds. The van der Waals surface area contributed by atoms with Crippen LogP contribution >= 0.6 is 0 Å². The van der Waals surface area contributed by atoms with Gasteiger partial charge in [0.15, 0.2) is 0 Å². The van der Waals surface area contributed by atoms with Crippen molar-refractivity contribution < 1.29 is 9.90 Å². The van der Waals surface area contributed by atoms with Crippen LogP contribution in [0, 0.1) is 0 Å². The molecule has 4 nitrogen and oxygen atoms in total. The normalized spacial score (nSPS) is 11.3. The molecule has 0 aliphatic rings. The number of nitrogen functional groups attached to an aromatic ring is 2. The van der Waals surface area contributed by atoms with Gasteiger partial charge in [-0.1, -0.05) is 31.2 Å². The molecule has 0 aliphatic carbocycles.